The fraction of sp³-hybridized carbons (Fsp3) is 0.111. The topological polar surface area (TPSA) is 51.8 Å². The van der Waals surface area contributed by atoms with Crippen molar-refractivity contribution in [1.29, 1.82) is 0 Å². The van der Waals surface area contributed by atoms with Gasteiger partial charge in [0, 0.05) is 15.1 Å². The number of halogens is 1. The summed E-state index contributed by atoms with van der Waals surface area (Å²) in [4.78, 5) is 1.11. The third-order valence-electron chi connectivity index (χ3n) is 1.86. The van der Waals surface area contributed by atoms with Crippen LogP contribution in [0.1, 0.15) is 5.56 Å². The molecular weight excluding hydrogens is 294 g/mol. The largest absolute Gasteiger partial charge is 0.398 e. The zero-order valence-corrected chi connectivity index (χ0v) is 11.1. The van der Waals surface area contributed by atoms with E-state index in [-0.39, 0.29) is 0 Å². The number of aryl methyl sites for hydroxylation is 1. The Hall–Kier alpha value is -0.590. The quantitative estimate of drug-likeness (QED) is 0.864. The Balaban J connectivity index is 2.33. The van der Waals surface area contributed by atoms with E-state index < -0.39 is 0 Å². The van der Waals surface area contributed by atoms with Crippen LogP contribution in [-0.4, -0.2) is 10.2 Å². The van der Waals surface area contributed by atoms with Crippen LogP contribution in [0.2, 0.25) is 0 Å². The van der Waals surface area contributed by atoms with Crippen molar-refractivity contribution < 1.29 is 0 Å². The lowest BCUT2D eigenvalue weighted by molar-refractivity contribution is 1.01. The van der Waals surface area contributed by atoms with Gasteiger partial charge in [-0.3, -0.25) is 0 Å². The Morgan fingerprint density at radius 3 is 2.93 bits per heavy atom. The van der Waals surface area contributed by atoms with Gasteiger partial charge in [0.05, 0.1) is 0 Å². The molecule has 0 fully saturated rings. The molecule has 0 spiro atoms. The SMILES string of the molecule is Cc1cc(Sc2nncs2)c(Br)cc1N. The molecular formula is C9H8BrN3S2. The van der Waals surface area contributed by atoms with Crippen molar-refractivity contribution in [3.8, 4) is 0 Å². The summed E-state index contributed by atoms with van der Waals surface area (Å²) in [6.07, 6.45) is 0. The van der Waals surface area contributed by atoms with Crippen LogP contribution in [-0.2, 0) is 0 Å². The van der Waals surface area contributed by atoms with E-state index in [1.54, 1.807) is 17.3 Å². The van der Waals surface area contributed by atoms with Gasteiger partial charge in [0.2, 0.25) is 0 Å². The Morgan fingerprint density at radius 2 is 2.27 bits per heavy atom. The molecule has 15 heavy (non-hydrogen) atoms. The van der Waals surface area contributed by atoms with Crippen molar-refractivity contribution in [2.24, 2.45) is 0 Å². The molecule has 78 valence electrons. The van der Waals surface area contributed by atoms with Crippen molar-refractivity contribution in [2.75, 3.05) is 5.73 Å². The van der Waals surface area contributed by atoms with Crippen LogP contribution in [0, 0.1) is 6.92 Å². The standard InChI is InChI=1S/C9H8BrN3S2/c1-5-2-8(6(10)3-7(5)11)15-9-13-12-4-14-9/h2-4H,11H2,1H3. The molecule has 2 N–H and O–H groups in total. The van der Waals surface area contributed by atoms with E-state index >= 15 is 0 Å². The van der Waals surface area contributed by atoms with Crippen LogP contribution in [0.25, 0.3) is 0 Å². The Kier molecular flexibility index (Phi) is 3.28. The number of hydrogen-bond donors (Lipinski definition) is 1. The van der Waals surface area contributed by atoms with Crippen molar-refractivity contribution in [3.63, 3.8) is 0 Å². The van der Waals surface area contributed by atoms with Crippen LogP contribution in [0.4, 0.5) is 5.69 Å². The summed E-state index contributed by atoms with van der Waals surface area (Å²) >= 11 is 6.59. The van der Waals surface area contributed by atoms with Crippen LogP contribution in [0.5, 0.6) is 0 Å². The minimum atomic E-state index is 0.795. The second kappa shape index (κ2) is 4.51. The zero-order chi connectivity index (χ0) is 10.8. The smallest absolute Gasteiger partial charge is 0.178 e. The molecule has 0 saturated heterocycles. The number of nitrogens with zero attached hydrogens (tertiary/aromatic N) is 2. The third-order valence-corrected chi connectivity index (χ3v) is 4.61. The molecule has 0 unspecified atom stereocenters. The first kappa shape index (κ1) is 10.9. The molecule has 0 aliphatic carbocycles. The summed E-state index contributed by atoms with van der Waals surface area (Å²) in [5.41, 5.74) is 9.39. The highest BCUT2D eigenvalue weighted by Gasteiger charge is 2.07. The predicted octanol–water partition coefficient (Wildman–Crippen LogP) is 3.34. The predicted molar refractivity (Wildman–Crippen MR) is 67.3 cm³/mol. The molecule has 0 radical (unpaired) electrons. The summed E-state index contributed by atoms with van der Waals surface area (Å²) in [5, 5.41) is 7.78. The number of benzene rings is 1. The second-order valence-electron chi connectivity index (χ2n) is 2.95. The minimum absolute atomic E-state index is 0.795. The van der Waals surface area contributed by atoms with Gasteiger partial charge < -0.3 is 5.73 Å². The Labute approximate surface area is 104 Å². The van der Waals surface area contributed by atoms with E-state index in [0.717, 1.165) is 25.0 Å². The fourth-order valence-corrected chi connectivity index (χ4v) is 3.19. The zero-order valence-electron chi connectivity index (χ0n) is 7.90. The van der Waals surface area contributed by atoms with Gasteiger partial charge in [-0.25, -0.2) is 0 Å². The van der Waals surface area contributed by atoms with Crippen LogP contribution in [0.15, 0.2) is 31.4 Å². The first-order valence-corrected chi connectivity index (χ1v) is 6.65. The molecule has 0 saturated carbocycles. The van der Waals surface area contributed by atoms with Crippen LogP contribution < -0.4 is 5.73 Å². The molecule has 0 aliphatic heterocycles. The number of anilines is 1. The average molecular weight is 302 g/mol. The van der Waals surface area contributed by atoms with E-state index in [9.17, 15) is 0 Å². The second-order valence-corrected chi connectivity index (χ2v) is 5.92. The van der Waals surface area contributed by atoms with Gasteiger partial charge in [-0.2, -0.15) is 0 Å². The highest BCUT2D eigenvalue weighted by Crippen LogP contribution is 2.36. The van der Waals surface area contributed by atoms with E-state index in [1.165, 1.54) is 11.3 Å². The first-order valence-electron chi connectivity index (χ1n) is 4.16. The number of aromatic nitrogens is 2. The lowest BCUT2D eigenvalue weighted by Gasteiger charge is -2.05. The molecule has 0 amide bonds. The molecule has 0 aliphatic rings. The van der Waals surface area contributed by atoms with Crippen molar-refractivity contribution in [2.45, 2.75) is 16.2 Å². The van der Waals surface area contributed by atoms with Crippen molar-refractivity contribution >= 4 is 44.7 Å². The van der Waals surface area contributed by atoms with Crippen molar-refractivity contribution in [1.82, 2.24) is 10.2 Å². The molecule has 1 heterocycles. The van der Waals surface area contributed by atoms with Gasteiger partial charge in [0.15, 0.2) is 4.34 Å². The summed E-state index contributed by atoms with van der Waals surface area (Å²) in [6, 6.07) is 3.96. The van der Waals surface area contributed by atoms with Gasteiger partial charge in [0.1, 0.15) is 5.51 Å². The molecule has 6 heteroatoms. The molecule has 2 rings (SSSR count). The van der Waals surface area contributed by atoms with Crippen LogP contribution >= 0.6 is 39.0 Å². The molecule has 0 atom stereocenters. The summed E-state index contributed by atoms with van der Waals surface area (Å²) in [6.45, 7) is 1.99. The van der Waals surface area contributed by atoms with Gasteiger partial charge in [-0.1, -0.05) is 23.1 Å². The van der Waals surface area contributed by atoms with Crippen molar-refractivity contribution in [3.05, 3.63) is 27.7 Å². The highest BCUT2D eigenvalue weighted by atomic mass is 79.9. The van der Waals surface area contributed by atoms with Gasteiger partial charge in [0.25, 0.3) is 0 Å². The third kappa shape index (κ3) is 2.50. The Morgan fingerprint density at radius 1 is 1.47 bits per heavy atom. The molecule has 3 nitrogen and oxygen atoms in total. The van der Waals surface area contributed by atoms with Crippen LogP contribution in [0.3, 0.4) is 0 Å². The maximum absolute atomic E-state index is 5.80. The van der Waals surface area contributed by atoms with E-state index in [2.05, 4.69) is 26.1 Å². The summed E-state index contributed by atoms with van der Waals surface area (Å²) in [7, 11) is 0. The van der Waals surface area contributed by atoms with Gasteiger partial charge in [-0.15, -0.1) is 10.2 Å². The first-order chi connectivity index (χ1) is 7.16. The average Bonchev–Trinajstić information content (AvgIpc) is 2.67. The lowest BCUT2D eigenvalue weighted by Crippen LogP contribution is -1.90. The monoisotopic (exact) mass is 301 g/mol. The lowest BCUT2D eigenvalue weighted by atomic mass is 10.2. The fourth-order valence-electron chi connectivity index (χ4n) is 1.05. The van der Waals surface area contributed by atoms with E-state index in [4.69, 9.17) is 5.73 Å². The normalized spacial score (nSPS) is 10.5. The number of nitrogens with two attached hydrogens (primary N) is 1. The number of hydrogen-bond acceptors (Lipinski definition) is 5. The van der Waals surface area contributed by atoms with Gasteiger partial charge >= 0.3 is 0 Å². The molecule has 1 aromatic heterocycles. The molecule has 0 bridgehead atoms. The molecule has 1 aromatic carbocycles. The van der Waals surface area contributed by atoms with Gasteiger partial charge in [-0.05, 0) is 40.5 Å². The minimum Gasteiger partial charge on any atom is -0.398 e. The number of nitrogen functional groups attached to an aromatic ring is 1. The summed E-state index contributed by atoms with van der Waals surface area (Å²) in [5.74, 6) is 0. The molecule has 2 aromatic rings. The van der Waals surface area contributed by atoms with E-state index in [0.29, 0.717) is 0 Å². The van der Waals surface area contributed by atoms with E-state index in [1.807, 2.05) is 19.1 Å². The summed E-state index contributed by atoms with van der Waals surface area (Å²) < 4.78 is 1.92. The Bertz CT molecular complexity index is 470. The highest BCUT2D eigenvalue weighted by molar-refractivity contribution is 9.10. The number of rotatable bonds is 2. The maximum Gasteiger partial charge on any atom is 0.178 e. The maximum atomic E-state index is 5.80.